The number of hydrogen-bond acceptors (Lipinski definition) is 4. The summed E-state index contributed by atoms with van der Waals surface area (Å²) in [5, 5.41) is 5.45. The molecule has 1 atom stereocenters. The summed E-state index contributed by atoms with van der Waals surface area (Å²) in [6.45, 7) is 1.66. The second kappa shape index (κ2) is 7.17. The number of Topliss-reactive ketones (excluding diaryl/α,β-unsaturated/α-hetero) is 1. The molecule has 1 heterocycles. The SMILES string of the molecule is CC1Oc2ccc(NC(=O)CCC(=O)c3ccccc3)cc2NC1=O. The smallest absolute Gasteiger partial charge is 0.265 e. The zero-order valence-corrected chi connectivity index (χ0v) is 13.7. The summed E-state index contributed by atoms with van der Waals surface area (Å²) in [6, 6.07) is 13.9. The van der Waals surface area contributed by atoms with Crippen LogP contribution >= 0.6 is 0 Å². The first-order chi connectivity index (χ1) is 12.0. The zero-order valence-electron chi connectivity index (χ0n) is 13.7. The molecule has 6 heteroatoms. The van der Waals surface area contributed by atoms with E-state index >= 15 is 0 Å². The van der Waals surface area contributed by atoms with Crippen LogP contribution in [0.4, 0.5) is 11.4 Å². The monoisotopic (exact) mass is 338 g/mol. The van der Waals surface area contributed by atoms with Gasteiger partial charge in [-0.1, -0.05) is 30.3 Å². The number of rotatable bonds is 5. The molecule has 1 aliphatic heterocycles. The molecule has 0 spiro atoms. The van der Waals surface area contributed by atoms with Crippen molar-refractivity contribution < 1.29 is 19.1 Å². The number of carbonyl (C=O) groups excluding carboxylic acids is 3. The molecule has 0 aliphatic carbocycles. The Balaban J connectivity index is 1.57. The van der Waals surface area contributed by atoms with Crippen molar-refractivity contribution in [1.82, 2.24) is 0 Å². The Bertz CT molecular complexity index is 817. The summed E-state index contributed by atoms with van der Waals surface area (Å²) in [7, 11) is 0. The number of amides is 2. The third kappa shape index (κ3) is 4.03. The summed E-state index contributed by atoms with van der Waals surface area (Å²) < 4.78 is 5.46. The number of anilines is 2. The van der Waals surface area contributed by atoms with Gasteiger partial charge in [0.1, 0.15) is 5.75 Å². The summed E-state index contributed by atoms with van der Waals surface area (Å²) >= 11 is 0. The number of benzene rings is 2. The van der Waals surface area contributed by atoms with Crippen molar-refractivity contribution in [3.05, 3.63) is 54.1 Å². The first kappa shape index (κ1) is 16.7. The van der Waals surface area contributed by atoms with Crippen LogP contribution in [0, 0.1) is 0 Å². The Morgan fingerprint density at radius 3 is 2.64 bits per heavy atom. The van der Waals surface area contributed by atoms with E-state index in [9.17, 15) is 14.4 Å². The average molecular weight is 338 g/mol. The highest BCUT2D eigenvalue weighted by atomic mass is 16.5. The van der Waals surface area contributed by atoms with Crippen LogP contribution in [0.3, 0.4) is 0 Å². The minimum atomic E-state index is -0.544. The van der Waals surface area contributed by atoms with Gasteiger partial charge >= 0.3 is 0 Å². The number of fused-ring (bicyclic) bond motifs is 1. The maximum absolute atomic E-state index is 12.1. The molecule has 3 rings (SSSR count). The highest BCUT2D eigenvalue weighted by Gasteiger charge is 2.23. The lowest BCUT2D eigenvalue weighted by Gasteiger charge is -2.23. The lowest BCUT2D eigenvalue weighted by molar-refractivity contribution is -0.122. The van der Waals surface area contributed by atoms with Crippen LogP contribution in [0.1, 0.15) is 30.1 Å². The Morgan fingerprint density at radius 1 is 1.12 bits per heavy atom. The predicted octanol–water partition coefficient (Wildman–Crippen LogP) is 3.01. The van der Waals surface area contributed by atoms with Crippen molar-refractivity contribution in [2.75, 3.05) is 10.6 Å². The highest BCUT2D eigenvalue weighted by Crippen LogP contribution is 2.32. The summed E-state index contributed by atoms with van der Waals surface area (Å²) in [6.07, 6.45) is -0.319. The lowest BCUT2D eigenvalue weighted by atomic mass is 10.1. The number of carbonyl (C=O) groups is 3. The van der Waals surface area contributed by atoms with Crippen LogP contribution in [0.2, 0.25) is 0 Å². The van der Waals surface area contributed by atoms with E-state index in [1.165, 1.54) is 0 Å². The fourth-order valence-electron chi connectivity index (χ4n) is 2.51. The van der Waals surface area contributed by atoms with Gasteiger partial charge < -0.3 is 15.4 Å². The maximum Gasteiger partial charge on any atom is 0.265 e. The number of nitrogens with one attached hydrogen (secondary N) is 2. The van der Waals surface area contributed by atoms with Crippen LogP contribution in [0.5, 0.6) is 5.75 Å². The molecule has 0 bridgehead atoms. The minimum absolute atomic E-state index is 0.0733. The van der Waals surface area contributed by atoms with Crippen LogP contribution < -0.4 is 15.4 Å². The Morgan fingerprint density at radius 2 is 1.88 bits per heavy atom. The molecule has 6 nitrogen and oxygen atoms in total. The van der Waals surface area contributed by atoms with Crippen molar-refractivity contribution >= 4 is 29.0 Å². The second-order valence-electron chi connectivity index (χ2n) is 5.80. The van der Waals surface area contributed by atoms with E-state index in [0.29, 0.717) is 22.7 Å². The van der Waals surface area contributed by atoms with Crippen molar-refractivity contribution in [2.24, 2.45) is 0 Å². The highest BCUT2D eigenvalue weighted by molar-refractivity contribution is 6.01. The largest absolute Gasteiger partial charge is 0.479 e. The second-order valence-corrected chi connectivity index (χ2v) is 5.80. The van der Waals surface area contributed by atoms with E-state index in [4.69, 9.17) is 4.74 Å². The van der Waals surface area contributed by atoms with Crippen molar-refractivity contribution in [1.29, 1.82) is 0 Å². The van der Waals surface area contributed by atoms with Gasteiger partial charge in [0.25, 0.3) is 5.91 Å². The molecule has 25 heavy (non-hydrogen) atoms. The van der Waals surface area contributed by atoms with Gasteiger partial charge in [-0.15, -0.1) is 0 Å². The molecule has 2 aromatic carbocycles. The Hall–Kier alpha value is -3.15. The van der Waals surface area contributed by atoms with Gasteiger partial charge in [-0.2, -0.15) is 0 Å². The molecule has 0 radical (unpaired) electrons. The van der Waals surface area contributed by atoms with Crippen LogP contribution in [-0.2, 0) is 9.59 Å². The molecule has 0 aromatic heterocycles. The van der Waals surface area contributed by atoms with Crippen molar-refractivity contribution in [3.63, 3.8) is 0 Å². The normalized spacial score (nSPS) is 15.6. The topological polar surface area (TPSA) is 84.5 Å². The van der Waals surface area contributed by atoms with E-state index in [-0.39, 0.29) is 30.4 Å². The number of ketones is 1. The summed E-state index contributed by atoms with van der Waals surface area (Å²) in [5.74, 6) is -0.00900. The molecule has 2 N–H and O–H groups in total. The van der Waals surface area contributed by atoms with E-state index in [0.717, 1.165) is 0 Å². The molecule has 0 saturated carbocycles. The molecule has 0 saturated heterocycles. The van der Waals surface area contributed by atoms with Gasteiger partial charge in [-0.25, -0.2) is 0 Å². The molecule has 1 unspecified atom stereocenters. The van der Waals surface area contributed by atoms with Gasteiger partial charge in [-0.05, 0) is 25.1 Å². The van der Waals surface area contributed by atoms with Gasteiger partial charge in [0.05, 0.1) is 5.69 Å². The van der Waals surface area contributed by atoms with Gasteiger partial charge in [0.15, 0.2) is 11.9 Å². The van der Waals surface area contributed by atoms with E-state index in [1.54, 1.807) is 49.4 Å². The van der Waals surface area contributed by atoms with Crippen LogP contribution in [0.15, 0.2) is 48.5 Å². The number of ether oxygens (including phenoxy) is 1. The van der Waals surface area contributed by atoms with Gasteiger partial charge in [-0.3, -0.25) is 14.4 Å². The van der Waals surface area contributed by atoms with Crippen molar-refractivity contribution in [2.45, 2.75) is 25.9 Å². The number of hydrogen-bond donors (Lipinski definition) is 2. The zero-order chi connectivity index (χ0) is 17.8. The Labute approximate surface area is 145 Å². The average Bonchev–Trinajstić information content (AvgIpc) is 2.61. The summed E-state index contributed by atoms with van der Waals surface area (Å²) in [4.78, 5) is 35.7. The van der Waals surface area contributed by atoms with E-state index in [1.807, 2.05) is 6.07 Å². The molecule has 2 aromatic rings. The van der Waals surface area contributed by atoms with E-state index < -0.39 is 6.10 Å². The van der Waals surface area contributed by atoms with E-state index in [2.05, 4.69) is 10.6 Å². The third-order valence-corrected chi connectivity index (χ3v) is 3.87. The first-order valence-corrected chi connectivity index (χ1v) is 8.02. The molecular formula is C19H18N2O4. The molecule has 1 aliphatic rings. The Kier molecular flexibility index (Phi) is 4.79. The molecule has 128 valence electrons. The third-order valence-electron chi connectivity index (χ3n) is 3.87. The van der Waals surface area contributed by atoms with Gasteiger partial charge in [0, 0.05) is 24.1 Å². The van der Waals surface area contributed by atoms with Gasteiger partial charge in [0.2, 0.25) is 5.91 Å². The molecule has 0 fully saturated rings. The van der Waals surface area contributed by atoms with Crippen LogP contribution in [0.25, 0.3) is 0 Å². The lowest BCUT2D eigenvalue weighted by Crippen LogP contribution is -2.34. The molecule has 2 amide bonds. The minimum Gasteiger partial charge on any atom is -0.479 e. The first-order valence-electron chi connectivity index (χ1n) is 8.02. The summed E-state index contributed by atoms with van der Waals surface area (Å²) in [5.41, 5.74) is 1.65. The fraction of sp³-hybridized carbons (Fsp3) is 0.211. The fourth-order valence-corrected chi connectivity index (χ4v) is 2.51. The molecular weight excluding hydrogens is 320 g/mol. The quantitative estimate of drug-likeness (QED) is 0.821. The van der Waals surface area contributed by atoms with Crippen molar-refractivity contribution in [3.8, 4) is 5.75 Å². The standard InChI is InChI=1S/C19H18N2O4/c1-12-19(24)21-15-11-14(7-9-17(15)25-12)20-18(23)10-8-16(22)13-5-3-2-4-6-13/h2-7,9,11-12H,8,10H2,1H3,(H,20,23)(H,21,24). The van der Waals surface area contributed by atoms with Crippen LogP contribution in [-0.4, -0.2) is 23.7 Å². The maximum atomic E-state index is 12.1. The predicted molar refractivity (Wildman–Crippen MR) is 93.8 cm³/mol.